The number of rotatable bonds is 3. The van der Waals surface area contributed by atoms with Crippen LogP contribution in [0.5, 0.6) is 0 Å². The third-order valence-electron chi connectivity index (χ3n) is 4.68. The van der Waals surface area contributed by atoms with Gasteiger partial charge in [0.1, 0.15) is 11.6 Å². The van der Waals surface area contributed by atoms with Crippen LogP contribution >= 0.6 is 0 Å². The van der Waals surface area contributed by atoms with E-state index in [2.05, 4.69) is 25.4 Å². The largest absolute Gasteiger partial charge is 0.350 e. The molecule has 0 radical (unpaired) electrons. The molecule has 1 fully saturated rings. The molecule has 1 aliphatic heterocycles. The summed E-state index contributed by atoms with van der Waals surface area (Å²) in [4.78, 5) is 20.7. The number of anilines is 1. The number of piperazine rings is 1. The highest BCUT2D eigenvalue weighted by Crippen LogP contribution is 2.19. The van der Waals surface area contributed by atoms with Crippen LogP contribution in [0.15, 0.2) is 36.7 Å². The third kappa shape index (κ3) is 3.53. The van der Waals surface area contributed by atoms with Gasteiger partial charge in [-0.2, -0.15) is 0 Å². The molecular formula is C18H20FN7O. The molecule has 0 bridgehead atoms. The maximum Gasteiger partial charge on any atom is 0.317 e. The number of carbonyl (C=O) groups excluding carboxylic acids is 1. The lowest BCUT2D eigenvalue weighted by molar-refractivity contribution is 0.194. The Morgan fingerprint density at radius 3 is 2.81 bits per heavy atom. The zero-order valence-corrected chi connectivity index (χ0v) is 15.0. The van der Waals surface area contributed by atoms with Gasteiger partial charge in [-0.3, -0.25) is 4.40 Å². The fourth-order valence-electron chi connectivity index (χ4n) is 3.21. The molecule has 8 nitrogen and oxygen atoms in total. The number of nitrogens with one attached hydrogen (secondary N) is 1. The molecule has 0 spiro atoms. The number of nitrogens with zero attached hydrogens (tertiary/aromatic N) is 6. The van der Waals surface area contributed by atoms with E-state index in [0.29, 0.717) is 32.7 Å². The van der Waals surface area contributed by atoms with Gasteiger partial charge in [0.25, 0.3) is 0 Å². The van der Waals surface area contributed by atoms with Crippen molar-refractivity contribution in [1.29, 1.82) is 0 Å². The van der Waals surface area contributed by atoms with Gasteiger partial charge in [-0.05, 0) is 24.6 Å². The number of amides is 2. The normalized spacial score (nSPS) is 14.6. The van der Waals surface area contributed by atoms with Crippen molar-refractivity contribution in [2.75, 3.05) is 31.1 Å². The number of carbonyl (C=O) groups is 1. The lowest BCUT2D eigenvalue weighted by Crippen LogP contribution is -2.52. The fraction of sp³-hybridized carbons (Fsp3) is 0.333. The first-order valence-electron chi connectivity index (χ1n) is 8.80. The van der Waals surface area contributed by atoms with Gasteiger partial charge >= 0.3 is 6.03 Å². The van der Waals surface area contributed by atoms with E-state index in [4.69, 9.17) is 0 Å². The molecule has 2 aromatic heterocycles. The molecule has 0 unspecified atom stereocenters. The zero-order chi connectivity index (χ0) is 18.8. The Morgan fingerprint density at radius 2 is 2.04 bits per heavy atom. The van der Waals surface area contributed by atoms with E-state index in [1.807, 2.05) is 17.5 Å². The molecule has 1 aliphatic rings. The van der Waals surface area contributed by atoms with Crippen LogP contribution in [0, 0.1) is 12.7 Å². The molecule has 1 aromatic carbocycles. The lowest BCUT2D eigenvalue weighted by atomic mass is 10.2. The van der Waals surface area contributed by atoms with Crippen LogP contribution in [-0.2, 0) is 6.54 Å². The van der Waals surface area contributed by atoms with Crippen molar-refractivity contribution in [3.8, 4) is 0 Å². The predicted molar refractivity (Wildman–Crippen MR) is 97.9 cm³/mol. The summed E-state index contributed by atoms with van der Waals surface area (Å²) in [7, 11) is 0. The molecule has 3 aromatic rings. The van der Waals surface area contributed by atoms with Crippen molar-refractivity contribution in [2.24, 2.45) is 0 Å². The minimum Gasteiger partial charge on any atom is -0.350 e. The number of aryl methyl sites for hydroxylation is 1. The van der Waals surface area contributed by atoms with Crippen molar-refractivity contribution < 1.29 is 9.18 Å². The molecule has 140 valence electrons. The summed E-state index contributed by atoms with van der Waals surface area (Å²) in [5.74, 6) is 1.28. The fourth-order valence-corrected chi connectivity index (χ4v) is 3.21. The summed E-state index contributed by atoms with van der Waals surface area (Å²) in [6, 6.07) is 6.08. The Labute approximate surface area is 155 Å². The number of hydrogen-bond acceptors (Lipinski definition) is 5. The third-order valence-corrected chi connectivity index (χ3v) is 4.68. The van der Waals surface area contributed by atoms with Crippen molar-refractivity contribution in [1.82, 2.24) is 29.8 Å². The Kier molecular flexibility index (Phi) is 4.57. The standard InChI is InChI=1S/C18H20FN7O/c1-13-22-23-17-16(20-5-6-26(13)17)24-7-9-25(10-8-24)18(27)21-12-14-3-2-4-15(19)11-14/h2-6,11H,7-10,12H2,1H3,(H,21,27). The summed E-state index contributed by atoms with van der Waals surface area (Å²) in [5.41, 5.74) is 1.46. The van der Waals surface area contributed by atoms with Gasteiger partial charge in [0.2, 0.25) is 5.65 Å². The maximum absolute atomic E-state index is 13.2. The smallest absolute Gasteiger partial charge is 0.317 e. The van der Waals surface area contributed by atoms with E-state index in [0.717, 1.165) is 22.9 Å². The Balaban J connectivity index is 1.36. The minimum absolute atomic E-state index is 0.150. The van der Waals surface area contributed by atoms with Crippen molar-refractivity contribution >= 4 is 17.5 Å². The van der Waals surface area contributed by atoms with E-state index in [1.54, 1.807) is 23.2 Å². The predicted octanol–water partition coefficient (Wildman–Crippen LogP) is 1.60. The Bertz CT molecular complexity index is 965. The number of halogens is 1. The van der Waals surface area contributed by atoms with Crippen molar-refractivity contribution in [3.63, 3.8) is 0 Å². The molecule has 0 aliphatic carbocycles. The highest BCUT2D eigenvalue weighted by Gasteiger charge is 2.24. The summed E-state index contributed by atoms with van der Waals surface area (Å²) in [5, 5.41) is 11.1. The van der Waals surface area contributed by atoms with E-state index < -0.39 is 0 Å². The second-order valence-electron chi connectivity index (χ2n) is 6.45. The average molecular weight is 369 g/mol. The summed E-state index contributed by atoms with van der Waals surface area (Å²) >= 11 is 0. The van der Waals surface area contributed by atoms with Gasteiger partial charge in [-0.1, -0.05) is 12.1 Å². The monoisotopic (exact) mass is 369 g/mol. The lowest BCUT2D eigenvalue weighted by Gasteiger charge is -2.35. The Hall–Kier alpha value is -3.23. The molecule has 1 saturated heterocycles. The molecule has 9 heteroatoms. The number of benzene rings is 1. The molecule has 4 rings (SSSR count). The second-order valence-corrected chi connectivity index (χ2v) is 6.45. The first-order chi connectivity index (χ1) is 13.1. The summed E-state index contributed by atoms with van der Waals surface area (Å²) in [6.45, 7) is 4.66. The zero-order valence-electron chi connectivity index (χ0n) is 15.0. The second kappa shape index (κ2) is 7.18. The van der Waals surface area contributed by atoms with E-state index in [1.165, 1.54) is 12.1 Å². The van der Waals surface area contributed by atoms with E-state index >= 15 is 0 Å². The number of urea groups is 1. The van der Waals surface area contributed by atoms with Crippen LogP contribution in [0.2, 0.25) is 0 Å². The van der Waals surface area contributed by atoms with Crippen LogP contribution < -0.4 is 10.2 Å². The first kappa shape index (κ1) is 17.2. The van der Waals surface area contributed by atoms with Crippen LogP contribution in [0.3, 0.4) is 0 Å². The average Bonchev–Trinajstić information content (AvgIpc) is 3.07. The van der Waals surface area contributed by atoms with Gasteiger partial charge < -0.3 is 15.1 Å². The SMILES string of the molecule is Cc1nnc2c(N3CCN(C(=O)NCc4cccc(F)c4)CC3)nccn12. The van der Waals surface area contributed by atoms with E-state index in [9.17, 15) is 9.18 Å². The van der Waals surface area contributed by atoms with Crippen LogP contribution in [-0.4, -0.2) is 56.7 Å². The van der Waals surface area contributed by atoms with Crippen LogP contribution in [0.1, 0.15) is 11.4 Å². The molecule has 27 heavy (non-hydrogen) atoms. The van der Waals surface area contributed by atoms with Gasteiger partial charge in [-0.25, -0.2) is 14.2 Å². The summed E-state index contributed by atoms with van der Waals surface area (Å²) < 4.78 is 15.1. The van der Waals surface area contributed by atoms with Crippen LogP contribution in [0.25, 0.3) is 5.65 Å². The van der Waals surface area contributed by atoms with Gasteiger partial charge in [-0.15, -0.1) is 10.2 Å². The van der Waals surface area contributed by atoms with Crippen molar-refractivity contribution in [3.05, 3.63) is 53.9 Å². The van der Waals surface area contributed by atoms with Crippen LogP contribution in [0.4, 0.5) is 15.0 Å². The quantitative estimate of drug-likeness (QED) is 0.759. The van der Waals surface area contributed by atoms with Gasteiger partial charge in [0, 0.05) is 45.1 Å². The molecule has 3 heterocycles. The molecule has 0 saturated carbocycles. The highest BCUT2D eigenvalue weighted by atomic mass is 19.1. The van der Waals surface area contributed by atoms with E-state index in [-0.39, 0.29) is 11.8 Å². The first-order valence-corrected chi connectivity index (χ1v) is 8.80. The number of aromatic nitrogens is 4. The van der Waals surface area contributed by atoms with Gasteiger partial charge in [0.15, 0.2) is 5.82 Å². The summed E-state index contributed by atoms with van der Waals surface area (Å²) in [6.07, 6.45) is 3.57. The minimum atomic E-state index is -0.305. The molecule has 2 amide bonds. The van der Waals surface area contributed by atoms with Gasteiger partial charge in [0.05, 0.1) is 0 Å². The molecule has 1 N–H and O–H groups in total. The number of fused-ring (bicyclic) bond motifs is 1. The topological polar surface area (TPSA) is 78.7 Å². The highest BCUT2D eigenvalue weighted by molar-refractivity contribution is 5.74. The number of hydrogen-bond donors (Lipinski definition) is 1. The molecule has 0 atom stereocenters. The molecular weight excluding hydrogens is 349 g/mol. The Morgan fingerprint density at radius 1 is 1.22 bits per heavy atom. The maximum atomic E-state index is 13.2. The van der Waals surface area contributed by atoms with Crippen molar-refractivity contribution in [2.45, 2.75) is 13.5 Å².